The molecule has 0 unspecified atom stereocenters. The van der Waals surface area contributed by atoms with Gasteiger partial charge in [0.25, 0.3) is 0 Å². The molecular weight excluding hydrogens is 268 g/mol. The summed E-state index contributed by atoms with van der Waals surface area (Å²) in [5.74, 6) is 0.927. The van der Waals surface area contributed by atoms with Gasteiger partial charge in [0.2, 0.25) is 11.8 Å². The maximum absolute atomic E-state index is 12.1. The Morgan fingerprint density at radius 3 is 2.43 bits per heavy atom. The highest BCUT2D eigenvalue weighted by atomic mass is 16.2. The topological polar surface area (TPSA) is 64.7 Å². The molecule has 0 bridgehead atoms. The molecule has 2 aliphatic heterocycles. The van der Waals surface area contributed by atoms with E-state index in [1.54, 1.807) is 7.05 Å². The number of nitrogens with zero attached hydrogens (tertiary/aromatic N) is 2. The summed E-state index contributed by atoms with van der Waals surface area (Å²) in [5.41, 5.74) is 0. The van der Waals surface area contributed by atoms with Crippen molar-refractivity contribution in [1.82, 2.24) is 20.4 Å². The van der Waals surface area contributed by atoms with Gasteiger partial charge in [-0.25, -0.2) is 0 Å². The molecule has 0 aromatic carbocycles. The van der Waals surface area contributed by atoms with Gasteiger partial charge in [-0.05, 0) is 31.8 Å². The highest BCUT2D eigenvalue weighted by Crippen LogP contribution is 2.20. The van der Waals surface area contributed by atoms with Gasteiger partial charge in [-0.1, -0.05) is 0 Å². The molecule has 0 aliphatic carbocycles. The molecule has 120 valence electrons. The first-order valence-corrected chi connectivity index (χ1v) is 8.10. The van der Waals surface area contributed by atoms with Crippen LogP contribution in [0.4, 0.5) is 0 Å². The zero-order valence-corrected chi connectivity index (χ0v) is 13.1. The van der Waals surface area contributed by atoms with Crippen LogP contribution in [0.1, 0.15) is 25.7 Å². The number of likely N-dealkylation sites (tertiary alicyclic amines) is 1. The molecule has 2 fully saturated rings. The third kappa shape index (κ3) is 5.28. The van der Waals surface area contributed by atoms with Crippen molar-refractivity contribution in [1.29, 1.82) is 0 Å². The molecule has 2 N–H and O–H groups in total. The highest BCUT2D eigenvalue weighted by Gasteiger charge is 2.22. The molecule has 0 aromatic heterocycles. The molecule has 21 heavy (non-hydrogen) atoms. The van der Waals surface area contributed by atoms with E-state index in [9.17, 15) is 9.59 Å². The molecule has 2 amide bonds. The minimum atomic E-state index is 0.141. The third-order valence-corrected chi connectivity index (χ3v) is 4.57. The standard InChI is InChI=1S/C15H28N4O2/c1-16-14(20)12-13-2-7-18(8-3-13)9-4-15(21)19-10-5-17-6-11-19/h13,17H,2-12H2,1H3,(H,16,20). The average Bonchev–Trinajstić information content (AvgIpc) is 2.54. The van der Waals surface area contributed by atoms with Gasteiger partial charge in [0.1, 0.15) is 0 Å². The molecular formula is C15H28N4O2. The van der Waals surface area contributed by atoms with Crippen LogP contribution in [0, 0.1) is 5.92 Å². The molecule has 2 saturated heterocycles. The van der Waals surface area contributed by atoms with Crippen LogP contribution < -0.4 is 10.6 Å². The summed E-state index contributed by atoms with van der Waals surface area (Å²) in [7, 11) is 1.69. The first-order chi connectivity index (χ1) is 10.2. The Labute approximate surface area is 127 Å². The van der Waals surface area contributed by atoms with Crippen molar-refractivity contribution in [2.75, 3.05) is 52.9 Å². The number of amides is 2. The summed E-state index contributed by atoms with van der Waals surface area (Å²) in [5, 5.41) is 5.96. The van der Waals surface area contributed by atoms with Gasteiger partial charge in [-0.15, -0.1) is 0 Å². The van der Waals surface area contributed by atoms with Crippen molar-refractivity contribution in [3.05, 3.63) is 0 Å². The third-order valence-electron chi connectivity index (χ3n) is 4.57. The lowest BCUT2D eigenvalue weighted by Crippen LogP contribution is -2.47. The summed E-state index contributed by atoms with van der Waals surface area (Å²) < 4.78 is 0. The smallest absolute Gasteiger partial charge is 0.223 e. The van der Waals surface area contributed by atoms with E-state index >= 15 is 0 Å². The molecule has 6 heteroatoms. The molecule has 2 rings (SSSR count). The Hall–Kier alpha value is -1.14. The van der Waals surface area contributed by atoms with Gasteiger partial charge in [-0.3, -0.25) is 9.59 Å². The van der Waals surface area contributed by atoms with Gasteiger partial charge in [0.05, 0.1) is 0 Å². The van der Waals surface area contributed by atoms with E-state index in [0.717, 1.165) is 58.7 Å². The fraction of sp³-hybridized carbons (Fsp3) is 0.867. The van der Waals surface area contributed by atoms with Crippen LogP contribution >= 0.6 is 0 Å². The lowest BCUT2D eigenvalue weighted by molar-refractivity contribution is -0.132. The molecule has 6 nitrogen and oxygen atoms in total. The largest absolute Gasteiger partial charge is 0.359 e. The number of carbonyl (C=O) groups is 2. The van der Waals surface area contributed by atoms with E-state index < -0.39 is 0 Å². The average molecular weight is 296 g/mol. The van der Waals surface area contributed by atoms with Crippen molar-refractivity contribution < 1.29 is 9.59 Å². The predicted octanol–water partition coefficient (Wildman–Crippen LogP) is -0.344. The van der Waals surface area contributed by atoms with Gasteiger partial charge in [-0.2, -0.15) is 0 Å². The Kier molecular flexibility index (Phi) is 6.45. The van der Waals surface area contributed by atoms with Gasteiger partial charge >= 0.3 is 0 Å². The SMILES string of the molecule is CNC(=O)CC1CCN(CCC(=O)N2CCNCC2)CC1. The van der Waals surface area contributed by atoms with E-state index in [0.29, 0.717) is 18.8 Å². The van der Waals surface area contributed by atoms with Crippen LogP contribution in [-0.2, 0) is 9.59 Å². The quantitative estimate of drug-likeness (QED) is 0.728. The second-order valence-electron chi connectivity index (χ2n) is 6.04. The van der Waals surface area contributed by atoms with Gasteiger partial charge < -0.3 is 20.4 Å². The Morgan fingerprint density at radius 2 is 1.81 bits per heavy atom. The number of hydrogen-bond donors (Lipinski definition) is 2. The van der Waals surface area contributed by atoms with E-state index in [4.69, 9.17) is 0 Å². The van der Waals surface area contributed by atoms with Crippen LogP contribution in [0.3, 0.4) is 0 Å². The zero-order valence-electron chi connectivity index (χ0n) is 13.1. The normalized spacial score (nSPS) is 21.3. The van der Waals surface area contributed by atoms with Crippen molar-refractivity contribution in [2.24, 2.45) is 5.92 Å². The molecule has 0 radical (unpaired) electrons. The van der Waals surface area contributed by atoms with Crippen molar-refractivity contribution in [2.45, 2.75) is 25.7 Å². The maximum atomic E-state index is 12.1. The number of piperidine rings is 1. The molecule has 0 atom stereocenters. The Morgan fingerprint density at radius 1 is 1.14 bits per heavy atom. The number of rotatable bonds is 5. The second kappa shape index (κ2) is 8.34. The van der Waals surface area contributed by atoms with E-state index in [1.807, 2.05) is 4.90 Å². The number of nitrogens with one attached hydrogen (secondary N) is 2. The summed E-state index contributed by atoms with van der Waals surface area (Å²) in [6.45, 7) is 6.38. The van der Waals surface area contributed by atoms with Crippen LogP contribution in [-0.4, -0.2) is 74.5 Å². The summed E-state index contributed by atoms with van der Waals surface area (Å²) in [4.78, 5) is 27.8. The number of piperazine rings is 1. The first-order valence-electron chi connectivity index (χ1n) is 8.10. The van der Waals surface area contributed by atoms with E-state index in [-0.39, 0.29) is 11.8 Å². The molecule has 0 saturated carbocycles. The molecule has 0 spiro atoms. The summed E-state index contributed by atoms with van der Waals surface area (Å²) in [6, 6.07) is 0. The van der Waals surface area contributed by atoms with Crippen molar-refractivity contribution in [3.8, 4) is 0 Å². The van der Waals surface area contributed by atoms with Gasteiger partial charge in [0, 0.05) is 52.6 Å². The second-order valence-corrected chi connectivity index (χ2v) is 6.04. The van der Waals surface area contributed by atoms with Crippen LogP contribution in [0.25, 0.3) is 0 Å². The minimum absolute atomic E-state index is 0.141. The Balaban J connectivity index is 1.62. The fourth-order valence-corrected chi connectivity index (χ4v) is 3.10. The number of hydrogen-bond acceptors (Lipinski definition) is 4. The van der Waals surface area contributed by atoms with Crippen molar-refractivity contribution >= 4 is 11.8 Å². The maximum Gasteiger partial charge on any atom is 0.223 e. The summed E-state index contributed by atoms with van der Waals surface area (Å²) in [6.07, 6.45) is 3.40. The first kappa shape index (κ1) is 16.2. The molecule has 0 aromatic rings. The zero-order chi connectivity index (χ0) is 15.1. The van der Waals surface area contributed by atoms with Crippen LogP contribution in [0.2, 0.25) is 0 Å². The fourth-order valence-electron chi connectivity index (χ4n) is 3.10. The van der Waals surface area contributed by atoms with Gasteiger partial charge in [0.15, 0.2) is 0 Å². The lowest BCUT2D eigenvalue weighted by Gasteiger charge is -2.32. The summed E-state index contributed by atoms with van der Waals surface area (Å²) >= 11 is 0. The Bertz CT molecular complexity index is 348. The minimum Gasteiger partial charge on any atom is -0.359 e. The molecule has 2 heterocycles. The van der Waals surface area contributed by atoms with E-state index in [1.165, 1.54) is 0 Å². The van der Waals surface area contributed by atoms with Crippen LogP contribution in [0.15, 0.2) is 0 Å². The predicted molar refractivity (Wildman–Crippen MR) is 81.9 cm³/mol. The van der Waals surface area contributed by atoms with Crippen LogP contribution in [0.5, 0.6) is 0 Å². The number of carbonyl (C=O) groups excluding carboxylic acids is 2. The highest BCUT2D eigenvalue weighted by molar-refractivity contribution is 5.76. The van der Waals surface area contributed by atoms with Crippen molar-refractivity contribution in [3.63, 3.8) is 0 Å². The monoisotopic (exact) mass is 296 g/mol. The lowest BCUT2D eigenvalue weighted by atomic mass is 9.93. The molecule has 2 aliphatic rings. The van der Waals surface area contributed by atoms with E-state index in [2.05, 4.69) is 15.5 Å².